The summed E-state index contributed by atoms with van der Waals surface area (Å²) in [6.07, 6.45) is 1.50. The van der Waals surface area contributed by atoms with E-state index in [0.717, 1.165) is 29.1 Å². The fourth-order valence-corrected chi connectivity index (χ4v) is 3.61. The van der Waals surface area contributed by atoms with Gasteiger partial charge in [-0.3, -0.25) is 9.59 Å². The molecule has 1 fully saturated rings. The number of hydrogen-bond donors (Lipinski definition) is 2. The van der Waals surface area contributed by atoms with Crippen LogP contribution in [0.1, 0.15) is 21.7 Å². The van der Waals surface area contributed by atoms with Crippen molar-refractivity contribution in [1.29, 1.82) is 0 Å². The van der Waals surface area contributed by atoms with Gasteiger partial charge in [-0.05, 0) is 43.2 Å². The minimum atomic E-state index is -0.0967. The maximum atomic E-state index is 12.4. The van der Waals surface area contributed by atoms with Crippen LogP contribution in [-0.4, -0.2) is 49.4 Å². The number of nitrogens with zero attached hydrogens (tertiary/aromatic N) is 1. The van der Waals surface area contributed by atoms with Crippen LogP contribution in [0.15, 0.2) is 34.9 Å². The van der Waals surface area contributed by atoms with E-state index in [-0.39, 0.29) is 11.8 Å². The first-order valence-electron chi connectivity index (χ1n) is 8.67. The lowest BCUT2D eigenvalue weighted by molar-refractivity contribution is -0.895. The fraction of sp³-hybridized carbons (Fsp3) is 0.368. The summed E-state index contributed by atoms with van der Waals surface area (Å²) >= 11 is 6.25. The minimum absolute atomic E-state index is 0.0698. The van der Waals surface area contributed by atoms with Crippen molar-refractivity contribution in [3.63, 3.8) is 0 Å². The lowest BCUT2D eigenvalue weighted by Crippen LogP contribution is -3.15. The van der Waals surface area contributed by atoms with Crippen molar-refractivity contribution in [2.24, 2.45) is 0 Å². The lowest BCUT2D eigenvalue weighted by atomic mass is 10.1. The van der Waals surface area contributed by atoms with Crippen LogP contribution in [0.2, 0.25) is 5.02 Å². The van der Waals surface area contributed by atoms with E-state index < -0.39 is 0 Å². The van der Waals surface area contributed by atoms with E-state index in [1.807, 2.05) is 26.0 Å². The number of furan rings is 1. The van der Waals surface area contributed by atoms with Gasteiger partial charge in [-0.25, -0.2) is 0 Å². The average Bonchev–Trinajstić information content (AvgIpc) is 3.13. The fourth-order valence-electron chi connectivity index (χ4n) is 3.24. The third-order valence-corrected chi connectivity index (χ3v) is 4.89. The number of amides is 2. The molecule has 1 saturated heterocycles. The Kier molecular flexibility index (Phi) is 5.64. The highest BCUT2D eigenvalue weighted by atomic mass is 35.5. The predicted octanol–water partition coefficient (Wildman–Crippen LogP) is 1.53. The zero-order valence-corrected chi connectivity index (χ0v) is 15.7. The first-order valence-corrected chi connectivity index (χ1v) is 9.05. The Morgan fingerprint density at radius 3 is 2.62 bits per heavy atom. The van der Waals surface area contributed by atoms with E-state index in [1.165, 1.54) is 6.26 Å². The number of halogens is 1. The second-order valence-corrected chi connectivity index (χ2v) is 7.09. The molecule has 2 amide bonds. The molecule has 0 unspecified atom stereocenters. The van der Waals surface area contributed by atoms with Gasteiger partial charge in [0.2, 0.25) is 0 Å². The summed E-state index contributed by atoms with van der Waals surface area (Å²) in [4.78, 5) is 27.6. The molecule has 138 valence electrons. The summed E-state index contributed by atoms with van der Waals surface area (Å²) in [6, 6.07) is 7.21. The molecule has 2 aromatic rings. The number of anilines is 1. The van der Waals surface area contributed by atoms with Crippen LogP contribution in [0.5, 0.6) is 0 Å². The van der Waals surface area contributed by atoms with Crippen molar-refractivity contribution in [3.8, 4) is 0 Å². The Labute approximate surface area is 157 Å². The Hall–Kier alpha value is -2.31. The van der Waals surface area contributed by atoms with E-state index >= 15 is 0 Å². The van der Waals surface area contributed by atoms with E-state index in [1.54, 1.807) is 17.0 Å². The highest BCUT2D eigenvalue weighted by Crippen LogP contribution is 2.27. The smallest absolute Gasteiger partial charge is 0.289 e. The standard InChI is InChI=1S/C19H22ClN3O3/c1-13-10-14(2)18(15(20)11-13)21-17(24)12-22-5-7-23(8-6-22)19(25)16-4-3-9-26-16/h3-4,9-11H,5-8,12H2,1-2H3,(H,21,24)/p+1. The van der Waals surface area contributed by atoms with Gasteiger partial charge in [0.05, 0.1) is 43.2 Å². The molecule has 1 aliphatic heterocycles. The summed E-state index contributed by atoms with van der Waals surface area (Å²) in [5, 5.41) is 3.48. The molecule has 0 spiro atoms. The average molecular weight is 377 g/mol. The third-order valence-electron chi connectivity index (χ3n) is 4.60. The Bertz CT molecular complexity index is 773. The van der Waals surface area contributed by atoms with Crippen molar-refractivity contribution < 1.29 is 18.9 Å². The number of quaternary nitrogens is 1. The molecule has 0 radical (unpaired) electrons. The normalized spacial score (nSPS) is 15.1. The minimum Gasteiger partial charge on any atom is -0.459 e. The molecule has 0 atom stereocenters. The molecule has 7 heteroatoms. The van der Waals surface area contributed by atoms with Gasteiger partial charge in [0.1, 0.15) is 0 Å². The highest BCUT2D eigenvalue weighted by Gasteiger charge is 2.27. The number of rotatable bonds is 4. The lowest BCUT2D eigenvalue weighted by Gasteiger charge is -2.31. The molecule has 1 aromatic heterocycles. The first kappa shape index (κ1) is 18.5. The van der Waals surface area contributed by atoms with Crippen molar-refractivity contribution in [2.75, 3.05) is 38.0 Å². The van der Waals surface area contributed by atoms with Crippen LogP contribution < -0.4 is 10.2 Å². The summed E-state index contributed by atoms with van der Waals surface area (Å²) < 4.78 is 5.16. The van der Waals surface area contributed by atoms with Gasteiger partial charge in [-0.1, -0.05) is 17.7 Å². The van der Waals surface area contributed by atoms with E-state index in [0.29, 0.717) is 36.1 Å². The molecule has 2 N–H and O–H groups in total. The molecule has 1 aromatic carbocycles. The number of piperazine rings is 1. The largest absolute Gasteiger partial charge is 0.459 e. The van der Waals surface area contributed by atoms with Crippen LogP contribution in [0.25, 0.3) is 0 Å². The number of nitrogens with one attached hydrogen (secondary N) is 2. The van der Waals surface area contributed by atoms with Crippen LogP contribution >= 0.6 is 11.6 Å². The Morgan fingerprint density at radius 2 is 2.00 bits per heavy atom. The van der Waals surface area contributed by atoms with Crippen molar-refractivity contribution in [1.82, 2.24) is 4.90 Å². The predicted molar refractivity (Wildman–Crippen MR) is 99.7 cm³/mol. The molecule has 26 heavy (non-hydrogen) atoms. The van der Waals surface area contributed by atoms with Gasteiger partial charge in [-0.2, -0.15) is 0 Å². The topological polar surface area (TPSA) is 67.0 Å². The number of benzene rings is 1. The van der Waals surface area contributed by atoms with Gasteiger partial charge in [-0.15, -0.1) is 0 Å². The van der Waals surface area contributed by atoms with E-state index in [4.69, 9.17) is 16.0 Å². The second-order valence-electron chi connectivity index (χ2n) is 6.68. The van der Waals surface area contributed by atoms with Crippen LogP contribution in [0.3, 0.4) is 0 Å². The number of carbonyl (C=O) groups excluding carboxylic acids is 2. The first-order chi connectivity index (χ1) is 12.4. The number of hydrogen-bond acceptors (Lipinski definition) is 3. The van der Waals surface area contributed by atoms with Gasteiger partial charge >= 0.3 is 0 Å². The summed E-state index contributed by atoms with van der Waals surface area (Å²) in [5.74, 6) is 0.191. The van der Waals surface area contributed by atoms with Gasteiger partial charge in [0.25, 0.3) is 11.8 Å². The molecule has 0 saturated carbocycles. The van der Waals surface area contributed by atoms with Crippen molar-refractivity contribution in [3.05, 3.63) is 52.4 Å². The van der Waals surface area contributed by atoms with Gasteiger partial charge in [0, 0.05) is 0 Å². The monoisotopic (exact) mass is 376 g/mol. The second kappa shape index (κ2) is 7.93. The molecular formula is C19H23ClN3O3+. The number of carbonyl (C=O) groups is 2. The Morgan fingerprint density at radius 1 is 1.27 bits per heavy atom. The van der Waals surface area contributed by atoms with Crippen molar-refractivity contribution in [2.45, 2.75) is 13.8 Å². The molecule has 0 aliphatic carbocycles. The quantitative estimate of drug-likeness (QED) is 0.850. The summed E-state index contributed by atoms with van der Waals surface area (Å²) in [6.45, 7) is 6.91. The van der Waals surface area contributed by atoms with Crippen LogP contribution in [0.4, 0.5) is 5.69 Å². The molecule has 2 heterocycles. The summed E-state index contributed by atoms with van der Waals surface area (Å²) in [7, 11) is 0. The number of aryl methyl sites for hydroxylation is 2. The zero-order chi connectivity index (χ0) is 18.7. The molecule has 0 bridgehead atoms. The molecular weight excluding hydrogens is 354 g/mol. The maximum absolute atomic E-state index is 12.4. The molecule has 1 aliphatic rings. The van der Waals surface area contributed by atoms with Crippen LogP contribution in [0, 0.1) is 13.8 Å². The van der Waals surface area contributed by atoms with Gasteiger partial charge < -0.3 is 19.5 Å². The van der Waals surface area contributed by atoms with E-state index in [2.05, 4.69) is 5.32 Å². The third kappa shape index (κ3) is 4.26. The maximum Gasteiger partial charge on any atom is 0.289 e. The highest BCUT2D eigenvalue weighted by molar-refractivity contribution is 6.34. The molecule has 6 nitrogen and oxygen atoms in total. The molecule has 3 rings (SSSR count). The van der Waals surface area contributed by atoms with Crippen LogP contribution in [-0.2, 0) is 4.79 Å². The SMILES string of the molecule is Cc1cc(C)c(NC(=O)C[NH+]2CCN(C(=O)c3ccco3)CC2)c(Cl)c1. The van der Waals surface area contributed by atoms with Gasteiger partial charge in [0.15, 0.2) is 12.3 Å². The van der Waals surface area contributed by atoms with Crippen molar-refractivity contribution >= 4 is 29.1 Å². The Balaban J connectivity index is 1.52. The van der Waals surface area contributed by atoms with E-state index in [9.17, 15) is 9.59 Å². The zero-order valence-electron chi connectivity index (χ0n) is 15.0. The summed E-state index contributed by atoms with van der Waals surface area (Å²) in [5.41, 5.74) is 2.69.